The molecule has 3 unspecified atom stereocenters. The van der Waals surface area contributed by atoms with Crippen LogP contribution in [-0.4, -0.2) is 42.4 Å². The van der Waals surface area contributed by atoms with Crippen LogP contribution in [0.1, 0.15) is 38.3 Å². The van der Waals surface area contributed by atoms with Gasteiger partial charge in [-0.25, -0.2) is 0 Å². The summed E-state index contributed by atoms with van der Waals surface area (Å²) in [6.45, 7) is 9.62. The Morgan fingerprint density at radius 2 is 1.96 bits per heavy atom. The van der Waals surface area contributed by atoms with Crippen LogP contribution in [0.3, 0.4) is 0 Å². The molecule has 1 saturated heterocycles. The van der Waals surface area contributed by atoms with E-state index in [9.17, 15) is 9.90 Å². The average Bonchev–Trinajstić information content (AvgIpc) is 2.83. The second-order valence-electron chi connectivity index (χ2n) is 7.88. The summed E-state index contributed by atoms with van der Waals surface area (Å²) in [7, 11) is 0. The minimum absolute atomic E-state index is 0.00522. The third kappa shape index (κ3) is 5.89. The zero-order valence-corrected chi connectivity index (χ0v) is 15.1. The molecule has 3 atom stereocenters. The smallest absolute Gasteiger partial charge is 0.220 e. The Labute approximate surface area is 144 Å². The van der Waals surface area contributed by atoms with Crippen molar-refractivity contribution in [3.63, 3.8) is 0 Å². The van der Waals surface area contributed by atoms with Crippen molar-refractivity contribution in [2.24, 2.45) is 5.41 Å². The fourth-order valence-electron chi connectivity index (χ4n) is 2.76. The monoisotopic (exact) mass is 334 g/mol. The van der Waals surface area contributed by atoms with Crippen LogP contribution in [0.15, 0.2) is 24.3 Å². The molecule has 0 bridgehead atoms. The van der Waals surface area contributed by atoms with Gasteiger partial charge in [0.25, 0.3) is 0 Å². The van der Waals surface area contributed by atoms with Crippen LogP contribution in [0.4, 0.5) is 0 Å². The highest BCUT2D eigenvalue weighted by molar-refractivity contribution is 5.76. The molecule has 1 aliphatic rings. The number of aliphatic hydroxyl groups is 1. The molecule has 2 rings (SSSR count). The number of rotatable bonds is 6. The molecule has 0 aliphatic carbocycles. The van der Waals surface area contributed by atoms with Crippen LogP contribution in [-0.2, 0) is 16.1 Å². The van der Waals surface area contributed by atoms with E-state index in [0.717, 1.165) is 0 Å². The molecule has 0 spiro atoms. The summed E-state index contributed by atoms with van der Waals surface area (Å²) in [4.78, 5) is 11.9. The predicted octanol–water partition coefficient (Wildman–Crippen LogP) is 1.77. The van der Waals surface area contributed by atoms with Gasteiger partial charge in [-0.2, -0.15) is 0 Å². The van der Waals surface area contributed by atoms with Gasteiger partial charge in [-0.1, -0.05) is 50.6 Å². The topological polar surface area (TPSA) is 70.6 Å². The van der Waals surface area contributed by atoms with Gasteiger partial charge >= 0.3 is 0 Å². The van der Waals surface area contributed by atoms with E-state index in [1.54, 1.807) is 0 Å². The van der Waals surface area contributed by atoms with Crippen molar-refractivity contribution in [2.45, 2.75) is 58.9 Å². The van der Waals surface area contributed by atoms with Crippen molar-refractivity contribution in [2.75, 3.05) is 13.2 Å². The second kappa shape index (κ2) is 8.10. The Hall–Kier alpha value is -1.43. The third-order valence-electron chi connectivity index (χ3n) is 4.16. The molecular formula is C19H30N2O3. The lowest BCUT2D eigenvalue weighted by atomic mass is 9.92. The molecule has 1 heterocycles. The summed E-state index contributed by atoms with van der Waals surface area (Å²) in [6.07, 6.45) is -0.514. The second-order valence-corrected chi connectivity index (χ2v) is 7.88. The summed E-state index contributed by atoms with van der Waals surface area (Å²) in [5.41, 5.74) is 2.36. The van der Waals surface area contributed by atoms with E-state index in [-0.39, 0.29) is 23.5 Å². The molecular weight excluding hydrogens is 304 g/mol. The molecule has 1 fully saturated rings. The van der Waals surface area contributed by atoms with Crippen molar-refractivity contribution in [1.29, 1.82) is 0 Å². The van der Waals surface area contributed by atoms with Gasteiger partial charge in [0, 0.05) is 19.5 Å². The predicted molar refractivity (Wildman–Crippen MR) is 94.6 cm³/mol. The van der Waals surface area contributed by atoms with Crippen LogP contribution in [0.5, 0.6) is 0 Å². The number of benzene rings is 1. The van der Waals surface area contributed by atoms with Gasteiger partial charge in [-0.05, 0) is 17.9 Å². The Balaban J connectivity index is 1.74. The first-order valence-electron chi connectivity index (χ1n) is 8.60. The molecule has 0 aromatic heterocycles. The molecule has 1 amide bonds. The van der Waals surface area contributed by atoms with Crippen molar-refractivity contribution >= 4 is 5.91 Å². The Morgan fingerprint density at radius 1 is 1.29 bits per heavy atom. The lowest BCUT2D eigenvalue weighted by molar-refractivity contribution is -0.123. The highest BCUT2D eigenvalue weighted by Gasteiger charge is 2.35. The fraction of sp³-hybridized carbons (Fsp3) is 0.632. The molecule has 134 valence electrons. The molecule has 1 aliphatic heterocycles. The SMILES string of the molecule is Cc1ccc(CNC2COC(CNC(=O)CC(C)(C)C)C2O)cc1. The summed E-state index contributed by atoms with van der Waals surface area (Å²) < 4.78 is 5.64. The van der Waals surface area contributed by atoms with E-state index in [4.69, 9.17) is 4.74 Å². The van der Waals surface area contributed by atoms with E-state index >= 15 is 0 Å². The minimum Gasteiger partial charge on any atom is -0.389 e. The van der Waals surface area contributed by atoms with Gasteiger partial charge in [-0.3, -0.25) is 4.79 Å². The normalized spacial score (nSPS) is 24.1. The maximum absolute atomic E-state index is 11.9. The van der Waals surface area contributed by atoms with Crippen LogP contribution >= 0.6 is 0 Å². The number of amides is 1. The van der Waals surface area contributed by atoms with Gasteiger partial charge in [0.15, 0.2) is 0 Å². The molecule has 1 aromatic carbocycles. The first-order chi connectivity index (χ1) is 11.2. The van der Waals surface area contributed by atoms with E-state index in [0.29, 0.717) is 26.1 Å². The molecule has 24 heavy (non-hydrogen) atoms. The van der Waals surface area contributed by atoms with Crippen LogP contribution in [0, 0.1) is 12.3 Å². The van der Waals surface area contributed by atoms with Crippen molar-refractivity contribution in [3.05, 3.63) is 35.4 Å². The number of ether oxygens (including phenoxy) is 1. The summed E-state index contributed by atoms with van der Waals surface area (Å²) in [5, 5.41) is 16.6. The largest absolute Gasteiger partial charge is 0.389 e. The van der Waals surface area contributed by atoms with E-state index in [1.165, 1.54) is 11.1 Å². The molecule has 3 N–H and O–H groups in total. The lowest BCUT2D eigenvalue weighted by Crippen LogP contribution is -2.44. The number of hydrogen-bond donors (Lipinski definition) is 3. The van der Waals surface area contributed by atoms with E-state index in [1.807, 2.05) is 20.8 Å². The zero-order valence-electron chi connectivity index (χ0n) is 15.1. The average molecular weight is 334 g/mol. The fourth-order valence-corrected chi connectivity index (χ4v) is 2.76. The number of carbonyl (C=O) groups is 1. The van der Waals surface area contributed by atoms with Gasteiger partial charge in [0.1, 0.15) is 6.10 Å². The molecule has 0 saturated carbocycles. The first-order valence-corrected chi connectivity index (χ1v) is 8.60. The number of aliphatic hydroxyl groups excluding tert-OH is 1. The van der Waals surface area contributed by atoms with Gasteiger partial charge in [0.2, 0.25) is 5.91 Å². The van der Waals surface area contributed by atoms with Crippen LogP contribution in [0.2, 0.25) is 0 Å². The first kappa shape index (κ1) is 18.9. The van der Waals surface area contributed by atoms with Crippen molar-refractivity contribution in [3.8, 4) is 0 Å². The standard InChI is InChI=1S/C19H30N2O3/c1-13-5-7-14(8-6-13)10-20-15-12-24-16(18(15)23)11-21-17(22)9-19(2,3)4/h5-8,15-16,18,20,23H,9-12H2,1-4H3,(H,21,22). The summed E-state index contributed by atoms with van der Waals surface area (Å²) in [6, 6.07) is 8.19. The quantitative estimate of drug-likeness (QED) is 0.741. The lowest BCUT2D eigenvalue weighted by Gasteiger charge is -2.21. The maximum Gasteiger partial charge on any atom is 0.220 e. The Morgan fingerprint density at radius 3 is 2.58 bits per heavy atom. The van der Waals surface area contributed by atoms with E-state index < -0.39 is 6.10 Å². The zero-order chi connectivity index (χ0) is 17.7. The van der Waals surface area contributed by atoms with Gasteiger partial charge in [0.05, 0.1) is 18.8 Å². The van der Waals surface area contributed by atoms with Crippen molar-refractivity contribution < 1.29 is 14.6 Å². The minimum atomic E-state index is -0.620. The van der Waals surface area contributed by atoms with Crippen molar-refractivity contribution in [1.82, 2.24) is 10.6 Å². The Bertz CT molecular complexity index is 537. The molecule has 1 aromatic rings. The maximum atomic E-state index is 11.9. The Kier molecular flexibility index (Phi) is 6.38. The number of hydrogen-bond acceptors (Lipinski definition) is 4. The highest BCUT2D eigenvalue weighted by Crippen LogP contribution is 2.18. The number of aryl methyl sites for hydroxylation is 1. The third-order valence-corrected chi connectivity index (χ3v) is 4.16. The molecule has 0 radical (unpaired) electrons. The van der Waals surface area contributed by atoms with E-state index in [2.05, 4.69) is 41.8 Å². The van der Waals surface area contributed by atoms with Gasteiger partial charge < -0.3 is 20.5 Å². The number of carbonyl (C=O) groups excluding carboxylic acids is 1. The molecule has 5 heteroatoms. The van der Waals surface area contributed by atoms with Gasteiger partial charge in [-0.15, -0.1) is 0 Å². The summed E-state index contributed by atoms with van der Waals surface area (Å²) >= 11 is 0. The molecule has 5 nitrogen and oxygen atoms in total. The van der Waals surface area contributed by atoms with Crippen LogP contribution < -0.4 is 10.6 Å². The van der Waals surface area contributed by atoms with Crippen LogP contribution in [0.25, 0.3) is 0 Å². The number of nitrogens with one attached hydrogen (secondary N) is 2. The highest BCUT2D eigenvalue weighted by atomic mass is 16.5. The summed E-state index contributed by atoms with van der Waals surface area (Å²) in [5.74, 6) is -0.00522.